The van der Waals surface area contributed by atoms with E-state index in [-0.39, 0.29) is 23.9 Å². The van der Waals surface area contributed by atoms with Crippen LogP contribution in [0.15, 0.2) is 11.6 Å². The molecule has 0 spiro atoms. The van der Waals surface area contributed by atoms with E-state index in [1.165, 1.54) is 18.4 Å². The van der Waals surface area contributed by atoms with Gasteiger partial charge in [-0.3, -0.25) is 9.59 Å². The van der Waals surface area contributed by atoms with Crippen LogP contribution in [0, 0.1) is 5.92 Å². The second kappa shape index (κ2) is 7.10. The molecule has 0 radical (unpaired) electrons. The van der Waals surface area contributed by atoms with Gasteiger partial charge in [-0.15, -0.1) is 0 Å². The first-order chi connectivity index (χ1) is 9.99. The van der Waals surface area contributed by atoms with E-state index < -0.39 is 0 Å². The highest BCUT2D eigenvalue weighted by molar-refractivity contribution is 5.96. The van der Waals surface area contributed by atoms with Crippen molar-refractivity contribution in [1.29, 1.82) is 0 Å². The van der Waals surface area contributed by atoms with E-state index in [0.29, 0.717) is 12.5 Å². The number of carbonyl (C=O) groups is 2. The molecule has 1 N–H and O–H groups in total. The second-order valence-electron chi connectivity index (χ2n) is 6.76. The molecule has 1 saturated heterocycles. The molecule has 0 bridgehead atoms. The van der Waals surface area contributed by atoms with Crippen LogP contribution < -0.4 is 5.32 Å². The predicted molar refractivity (Wildman–Crippen MR) is 83.7 cm³/mol. The number of carbonyl (C=O) groups excluding carboxylic acids is 2. The number of hydrogen-bond donors (Lipinski definition) is 1. The van der Waals surface area contributed by atoms with Crippen LogP contribution in [0.3, 0.4) is 0 Å². The average molecular weight is 292 g/mol. The molecular weight excluding hydrogens is 264 g/mol. The van der Waals surface area contributed by atoms with Crippen molar-refractivity contribution in [2.75, 3.05) is 6.54 Å². The Morgan fingerprint density at radius 1 is 1.33 bits per heavy atom. The molecule has 0 aromatic heterocycles. The van der Waals surface area contributed by atoms with Crippen molar-refractivity contribution < 1.29 is 9.59 Å². The summed E-state index contributed by atoms with van der Waals surface area (Å²) in [6.07, 6.45) is 8.79. The van der Waals surface area contributed by atoms with Crippen LogP contribution in [0.4, 0.5) is 0 Å². The Bertz CT molecular complexity index is 429. The third-order valence-corrected chi connectivity index (χ3v) is 4.51. The van der Waals surface area contributed by atoms with E-state index in [1.54, 1.807) is 4.90 Å². The van der Waals surface area contributed by atoms with E-state index in [0.717, 1.165) is 25.7 Å². The minimum atomic E-state index is -0.342. The van der Waals surface area contributed by atoms with Gasteiger partial charge in [-0.25, -0.2) is 0 Å². The third kappa shape index (κ3) is 4.08. The topological polar surface area (TPSA) is 49.4 Å². The summed E-state index contributed by atoms with van der Waals surface area (Å²) in [4.78, 5) is 26.4. The summed E-state index contributed by atoms with van der Waals surface area (Å²) >= 11 is 0. The van der Waals surface area contributed by atoms with Gasteiger partial charge < -0.3 is 10.2 Å². The first-order valence-corrected chi connectivity index (χ1v) is 8.27. The SMILES string of the molecule is CC(C)CC1NC(=O)C(C)N(CCC2=CCCCC2)C1=O. The van der Waals surface area contributed by atoms with Crippen molar-refractivity contribution in [2.45, 2.75) is 71.4 Å². The predicted octanol–water partition coefficient (Wildman–Crippen LogP) is 2.64. The Balaban J connectivity index is 1.99. The maximum atomic E-state index is 12.6. The summed E-state index contributed by atoms with van der Waals surface area (Å²) in [6, 6.07) is -0.681. The molecule has 4 heteroatoms. The number of allylic oxidation sites excluding steroid dienone is 1. The van der Waals surface area contributed by atoms with E-state index in [2.05, 4.69) is 25.2 Å². The number of rotatable bonds is 5. The number of nitrogens with one attached hydrogen (secondary N) is 1. The van der Waals surface area contributed by atoms with Gasteiger partial charge in [0, 0.05) is 6.54 Å². The van der Waals surface area contributed by atoms with Crippen molar-refractivity contribution in [3.63, 3.8) is 0 Å². The standard InChI is InChI=1S/C17H28N2O2/c1-12(2)11-15-17(21)19(13(3)16(20)18-15)10-9-14-7-5-4-6-8-14/h7,12-13,15H,4-6,8-11H2,1-3H3,(H,18,20). The van der Waals surface area contributed by atoms with Gasteiger partial charge in [-0.05, 0) is 51.4 Å². The van der Waals surface area contributed by atoms with Crippen molar-refractivity contribution in [1.82, 2.24) is 10.2 Å². The van der Waals surface area contributed by atoms with Crippen molar-refractivity contribution in [2.24, 2.45) is 5.92 Å². The number of amides is 2. The van der Waals surface area contributed by atoms with Crippen molar-refractivity contribution in [3.05, 3.63) is 11.6 Å². The quantitative estimate of drug-likeness (QED) is 0.792. The van der Waals surface area contributed by atoms with Gasteiger partial charge in [0.1, 0.15) is 12.1 Å². The van der Waals surface area contributed by atoms with Crippen LogP contribution in [0.5, 0.6) is 0 Å². The molecule has 4 nitrogen and oxygen atoms in total. The summed E-state index contributed by atoms with van der Waals surface area (Å²) in [5, 5.41) is 2.87. The zero-order chi connectivity index (χ0) is 15.4. The maximum absolute atomic E-state index is 12.6. The number of nitrogens with zero attached hydrogens (tertiary/aromatic N) is 1. The van der Waals surface area contributed by atoms with E-state index in [9.17, 15) is 9.59 Å². The van der Waals surface area contributed by atoms with Crippen LogP contribution >= 0.6 is 0 Å². The summed E-state index contributed by atoms with van der Waals surface area (Å²) in [6.45, 7) is 6.66. The molecule has 2 aliphatic rings. The third-order valence-electron chi connectivity index (χ3n) is 4.51. The molecule has 1 aliphatic heterocycles. The van der Waals surface area contributed by atoms with Crippen molar-refractivity contribution >= 4 is 11.8 Å². The highest BCUT2D eigenvalue weighted by Gasteiger charge is 2.37. The summed E-state index contributed by atoms with van der Waals surface area (Å²) < 4.78 is 0. The summed E-state index contributed by atoms with van der Waals surface area (Å²) in [5.74, 6) is 0.473. The Labute approximate surface area is 128 Å². The molecule has 2 unspecified atom stereocenters. The summed E-state index contributed by atoms with van der Waals surface area (Å²) in [5.41, 5.74) is 1.45. The number of piperazine rings is 1. The van der Waals surface area contributed by atoms with E-state index in [4.69, 9.17) is 0 Å². The van der Waals surface area contributed by atoms with Crippen molar-refractivity contribution in [3.8, 4) is 0 Å². The van der Waals surface area contributed by atoms with E-state index in [1.807, 2.05) is 6.92 Å². The smallest absolute Gasteiger partial charge is 0.245 e. The molecule has 1 fully saturated rings. The Morgan fingerprint density at radius 3 is 2.71 bits per heavy atom. The van der Waals surface area contributed by atoms with Gasteiger partial charge in [-0.2, -0.15) is 0 Å². The first-order valence-electron chi connectivity index (χ1n) is 8.27. The Hall–Kier alpha value is -1.32. The van der Waals surface area contributed by atoms with Crippen LogP contribution in [-0.2, 0) is 9.59 Å². The monoisotopic (exact) mass is 292 g/mol. The lowest BCUT2D eigenvalue weighted by Crippen LogP contribution is -2.62. The number of hydrogen-bond acceptors (Lipinski definition) is 2. The highest BCUT2D eigenvalue weighted by Crippen LogP contribution is 2.22. The van der Waals surface area contributed by atoms with Crippen LogP contribution in [-0.4, -0.2) is 35.3 Å². The first kappa shape index (κ1) is 16.1. The molecule has 0 aromatic carbocycles. The van der Waals surface area contributed by atoms with Gasteiger partial charge in [0.15, 0.2) is 0 Å². The van der Waals surface area contributed by atoms with Gasteiger partial charge >= 0.3 is 0 Å². The molecule has 2 amide bonds. The Kier molecular flexibility index (Phi) is 5.43. The normalized spacial score (nSPS) is 26.9. The minimum absolute atomic E-state index is 0.0159. The maximum Gasteiger partial charge on any atom is 0.245 e. The molecule has 0 aromatic rings. The van der Waals surface area contributed by atoms with Crippen LogP contribution in [0.2, 0.25) is 0 Å². The van der Waals surface area contributed by atoms with Gasteiger partial charge in [0.25, 0.3) is 0 Å². The molecule has 2 rings (SSSR count). The van der Waals surface area contributed by atoms with Crippen LogP contribution in [0.1, 0.15) is 59.3 Å². The molecule has 1 aliphatic carbocycles. The lowest BCUT2D eigenvalue weighted by atomic mass is 9.95. The minimum Gasteiger partial charge on any atom is -0.343 e. The molecule has 21 heavy (non-hydrogen) atoms. The van der Waals surface area contributed by atoms with Crippen LogP contribution in [0.25, 0.3) is 0 Å². The van der Waals surface area contributed by atoms with E-state index >= 15 is 0 Å². The molecule has 0 saturated carbocycles. The van der Waals surface area contributed by atoms with Gasteiger partial charge in [0.2, 0.25) is 11.8 Å². The molecule has 2 atom stereocenters. The lowest BCUT2D eigenvalue weighted by Gasteiger charge is -2.38. The molecular formula is C17H28N2O2. The highest BCUT2D eigenvalue weighted by atomic mass is 16.2. The second-order valence-corrected chi connectivity index (χ2v) is 6.76. The zero-order valence-corrected chi connectivity index (χ0v) is 13.5. The fourth-order valence-electron chi connectivity index (χ4n) is 3.22. The fraction of sp³-hybridized carbons (Fsp3) is 0.765. The Morgan fingerprint density at radius 2 is 2.10 bits per heavy atom. The van der Waals surface area contributed by atoms with Gasteiger partial charge in [0.05, 0.1) is 0 Å². The zero-order valence-electron chi connectivity index (χ0n) is 13.5. The van der Waals surface area contributed by atoms with Gasteiger partial charge in [-0.1, -0.05) is 25.5 Å². The average Bonchev–Trinajstić information content (AvgIpc) is 2.45. The lowest BCUT2D eigenvalue weighted by molar-refractivity contribution is -0.149. The summed E-state index contributed by atoms with van der Waals surface area (Å²) in [7, 11) is 0. The molecule has 118 valence electrons. The molecule has 1 heterocycles. The fourth-order valence-corrected chi connectivity index (χ4v) is 3.22. The largest absolute Gasteiger partial charge is 0.343 e.